The maximum absolute atomic E-state index is 13.2. The fraction of sp³-hybridized carbons (Fsp3) is 0.625. The van der Waals surface area contributed by atoms with E-state index in [0.29, 0.717) is 18.9 Å². The molecular formula is C16H24N2O4S. The summed E-state index contributed by atoms with van der Waals surface area (Å²) in [6.45, 7) is 2.49. The summed E-state index contributed by atoms with van der Waals surface area (Å²) in [4.78, 5) is 2.49. The van der Waals surface area contributed by atoms with Crippen LogP contribution in [0.15, 0.2) is 29.2 Å². The van der Waals surface area contributed by atoms with Crippen molar-refractivity contribution in [2.24, 2.45) is 0 Å². The Balaban J connectivity index is 2.05. The monoisotopic (exact) mass is 340 g/mol. The lowest BCUT2D eigenvalue weighted by atomic mass is 10.1. The molecule has 23 heavy (non-hydrogen) atoms. The van der Waals surface area contributed by atoms with Gasteiger partial charge in [-0.1, -0.05) is 12.1 Å². The molecule has 3 rings (SSSR count). The second-order valence-corrected chi connectivity index (χ2v) is 8.02. The van der Waals surface area contributed by atoms with Gasteiger partial charge in [-0.25, -0.2) is 8.42 Å². The summed E-state index contributed by atoms with van der Waals surface area (Å²) in [6, 6.07) is 6.77. The van der Waals surface area contributed by atoms with Gasteiger partial charge in [-0.15, -0.1) is 0 Å². The highest BCUT2D eigenvalue weighted by atomic mass is 32.2. The molecule has 128 valence electrons. The van der Waals surface area contributed by atoms with Crippen molar-refractivity contribution >= 4 is 10.0 Å². The molecule has 1 aromatic rings. The van der Waals surface area contributed by atoms with Crippen LogP contribution in [-0.4, -0.2) is 70.2 Å². The van der Waals surface area contributed by atoms with Crippen molar-refractivity contribution < 1.29 is 17.9 Å². The van der Waals surface area contributed by atoms with Crippen LogP contribution in [0.5, 0.6) is 5.75 Å². The van der Waals surface area contributed by atoms with Gasteiger partial charge in [0, 0.05) is 20.2 Å². The third-order valence-electron chi connectivity index (χ3n) is 4.63. The number of likely N-dealkylation sites (tertiary alicyclic amines) is 1. The lowest BCUT2D eigenvalue weighted by molar-refractivity contribution is 0.0958. The Morgan fingerprint density at radius 3 is 2.78 bits per heavy atom. The highest BCUT2D eigenvalue weighted by molar-refractivity contribution is 7.89. The van der Waals surface area contributed by atoms with Crippen LogP contribution in [0, 0.1) is 0 Å². The number of benzene rings is 1. The summed E-state index contributed by atoms with van der Waals surface area (Å²) in [6.07, 6.45) is 1.45. The van der Waals surface area contributed by atoms with E-state index in [1.807, 2.05) is 6.07 Å². The largest absolute Gasteiger partial charge is 0.487 e. The van der Waals surface area contributed by atoms with Crippen LogP contribution in [0.3, 0.4) is 0 Å². The molecule has 2 heterocycles. The Morgan fingerprint density at radius 2 is 2.00 bits per heavy atom. The highest BCUT2D eigenvalue weighted by Crippen LogP contribution is 2.36. The first-order chi connectivity index (χ1) is 11.0. The third-order valence-corrected chi connectivity index (χ3v) is 6.59. The SMILES string of the molecule is COCCN1[C@@H]2CCN(C)CC[C@H]2Oc2ccccc2S1(=O)=O. The van der Waals surface area contributed by atoms with Crippen LogP contribution in [0.4, 0.5) is 0 Å². The predicted octanol–water partition coefficient (Wildman–Crippen LogP) is 1.18. The van der Waals surface area contributed by atoms with Crippen LogP contribution >= 0.6 is 0 Å². The standard InChI is InChI=1S/C16H24N2O4S/c1-17-9-7-13-14(8-10-17)22-15-5-3-4-6-16(15)23(19,20)18(13)11-12-21-2/h3-6,13-14H,7-12H2,1-2H3/t13-,14-/m1/s1. The fourth-order valence-corrected chi connectivity index (χ4v) is 5.14. The Morgan fingerprint density at radius 1 is 1.26 bits per heavy atom. The Bertz CT molecular complexity index is 649. The molecule has 1 saturated heterocycles. The first kappa shape index (κ1) is 16.7. The van der Waals surface area contributed by atoms with Gasteiger partial charge in [-0.3, -0.25) is 0 Å². The number of ether oxygens (including phenoxy) is 2. The van der Waals surface area contributed by atoms with Crippen molar-refractivity contribution in [3.8, 4) is 5.75 Å². The number of nitrogens with zero attached hydrogens (tertiary/aromatic N) is 2. The summed E-state index contributed by atoms with van der Waals surface area (Å²) >= 11 is 0. The number of sulfonamides is 1. The van der Waals surface area contributed by atoms with Crippen LogP contribution in [-0.2, 0) is 14.8 Å². The van der Waals surface area contributed by atoms with Crippen LogP contribution in [0.1, 0.15) is 12.8 Å². The van der Waals surface area contributed by atoms with Gasteiger partial charge in [0.05, 0.1) is 12.6 Å². The number of hydrogen-bond acceptors (Lipinski definition) is 5. The molecule has 0 radical (unpaired) electrons. The predicted molar refractivity (Wildman–Crippen MR) is 87.1 cm³/mol. The minimum Gasteiger partial charge on any atom is -0.487 e. The summed E-state index contributed by atoms with van der Waals surface area (Å²) in [5.74, 6) is 0.465. The van der Waals surface area contributed by atoms with Crippen molar-refractivity contribution in [3.63, 3.8) is 0 Å². The smallest absolute Gasteiger partial charge is 0.247 e. The zero-order valence-corrected chi connectivity index (χ0v) is 14.5. The van der Waals surface area contributed by atoms with E-state index in [-0.39, 0.29) is 17.0 Å². The lowest BCUT2D eigenvalue weighted by Crippen LogP contribution is -2.48. The lowest BCUT2D eigenvalue weighted by Gasteiger charge is -2.31. The van der Waals surface area contributed by atoms with E-state index in [0.717, 1.165) is 25.9 Å². The molecule has 2 aliphatic heterocycles. The molecule has 0 unspecified atom stereocenters. The minimum atomic E-state index is -3.59. The Kier molecular flexibility index (Phi) is 4.91. The molecule has 0 bridgehead atoms. The van der Waals surface area contributed by atoms with E-state index in [9.17, 15) is 8.42 Å². The van der Waals surface area contributed by atoms with Gasteiger partial charge in [0.1, 0.15) is 16.7 Å². The molecule has 2 atom stereocenters. The Hall–Kier alpha value is -1.15. The summed E-state index contributed by atoms with van der Waals surface area (Å²) in [5.41, 5.74) is 0. The molecular weight excluding hydrogens is 316 g/mol. The summed E-state index contributed by atoms with van der Waals surface area (Å²) in [5, 5.41) is 0. The van der Waals surface area contributed by atoms with Crippen LogP contribution < -0.4 is 4.74 Å². The molecule has 2 aliphatic rings. The van der Waals surface area contributed by atoms with Crippen molar-refractivity contribution in [1.82, 2.24) is 9.21 Å². The fourth-order valence-electron chi connectivity index (χ4n) is 3.35. The van der Waals surface area contributed by atoms with Crippen molar-refractivity contribution in [1.29, 1.82) is 0 Å². The van der Waals surface area contributed by atoms with Gasteiger partial charge in [0.25, 0.3) is 0 Å². The molecule has 0 N–H and O–H groups in total. The number of para-hydroxylation sites is 1. The van der Waals surface area contributed by atoms with Crippen LogP contribution in [0.2, 0.25) is 0 Å². The zero-order valence-electron chi connectivity index (χ0n) is 13.6. The van der Waals surface area contributed by atoms with E-state index in [1.165, 1.54) is 0 Å². The summed E-state index contributed by atoms with van der Waals surface area (Å²) < 4.78 is 39.2. The minimum absolute atomic E-state index is 0.129. The molecule has 7 heteroatoms. The topological polar surface area (TPSA) is 59.1 Å². The number of methoxy groups -OCH3 is 1. The number of fused-ring (bicyclic) bond motifs is 2. The van der Waals surface area contributed by atoms with E-state index >= 15 is 0 Å². The molecule has 0 aromatic heterocycles. The van der Waals surface area contributed by atoms with Gasteiger partial charge in [0.2, 0.25) is 10.0 Å². The first-order valence-electron chi connectivity index (χ1n) is 7.99. The quantitative estimate of drug-likeness (QED) is 0.827. The van der Waals surface area contributed by atoms with Gasteiger partial charge in [-0.2, -0.15) is 4.31 Å². The number of hydrogen-bond donors (Lipinski definition) is 0. The molecule has 1 aromatic carbocycles. The van der Waals surface area contributed by atoms with E-state index < -0.39 is 10.0 Å². The van der Waals surface area contributed by atoms with Crippen molar-refractivity contribution in [3.05, 3.63) is 24.3 Å². The second-order valence-electron chi connectivity index (χ2n) is 6.16. The molecule has 0 aliphatic carbocycles. The van der Waals surface area contributed by atoms with E-state index in [4.69, 9.17) is 9.47 Å². The average molecular weight is 340 g/mol. The molecule has 1 fully saturated rings. The van der Waals surface area contributed by atoms with Gasteiger partial charge >= 0.3 is 0 Å². The normalized spacial score (nSPS) is 28.1. The molecule has 0 saturated carbocycles. The average Bonchev–Trinajstić information content (AvgIpc) is 2.75. The maximum atomic E-state index is 13.2. The van der Waals surface area contributed by atoms with E-state index in [1.54, 1.807) is 29.6 Å². The molecule has 0 spiro atoms. The Labute approximate surface area is 138 Å². The second kappa shape index (κ2) is 6.76. The van der Waals surface area contributed by atoms with Crippen molar-refractivity contribution in [2.45, 2.75) is 29.9 Å². The van der Waals surface area contributed by atoms with Crippen LogP contribution in [0.25, 0.3) is 0 Å². The highest BCUT2D eigenvalue weighted by Gasteiger charge is 2.42. The van der Waals surface area contributed by atoms with Crippen molar-refractivity contribution in [2.75, 3.05) is 40.4 Å². The first-order valence-corrected chi connectivity index (χ1v) is 9.43. The third kappa shape index (κ3) is 3.24. The zero-order chi connectivity index (χ0) is 16.4. The molecule has 6 nitrogen and oxygen atoms in total. The van der Waals surface area contributed by atoms with Gasteiger partial charge in [-0.05, 0) is 38.6 Å². The number of rotatable bonds is 3. The maximum Gasteiger partial charge on any atom is 0.247 e. The molecule has 0 amide bonds. The van der Waals surface area contributed by atoms with Gasteiger partial charge in [0.15, 0.2) is 0 Å². The summed E-state index contributed by atoms with van der Waals surface area (Å²) in [7, 11) is 0.0673. The van der Waals surface area contributed by atoms with E-state index in [2.05, 4.69) is 11.9 Å². The van der Waals surface area contributed by atoms with Gasteiger partial charge < -0.3 is 14.4 Å².